The van der Waals surface area contributed by atoms with Crippen molar-refractivity contribution >= 4 is 28.3 Å². The molecule has 3 aromatic rings. The fourth-order valence-electron chi connectivity index (χ4n) is 6.24. The highest BCUT2D eigenvalue weighted by Crippen LogP contribution is 2.45. The van der Waals surface area contributed by atoms with Crippen LogP contribution in [0, 0.1) is 6.92 Å². The number of morpholine rings is 1. The Balaban J connectivity index is 1.52. The van der Waals surface area contributed by atoms with Gasteiger partial charge in [0.05, 0.1) is 50.4 Å². The molecule has 0 bridgehead atoms. The Bertz CT molecular complexity index is 1460. The summed E-state index contributed by atoms with van der Waals surface area (Å²) >= 11 is 0. The zero-order chi connectivity index (χ0) is 30.1. The lowest BCUT2D eigenvalue weighted by atomic mass is 10.0. The summed E-state index contributed by atoms with van der Waals surface area (Å²) in [5, 5.41) is 7.96. The van der Waals surface area contributed by atoms with Gasteiger partial charge in [-0.3, -0.25) is 9.78 Å². The van der Waals surface area contributed by atoms with Crippen LogP contribution < -0.4 is 29.9 Å². The molecular formula is C33H44N6O4. The highest BCUT2D eigenvalue weighted by molar-refractivity contribution is 6.12. The molecule has 2 atom stereocenters. The molecule has 0 spiro atoms. The molecule has 0 unspecified atom stereocenters. The van der Waals surface area contributed by atoms with E-state index in [1.807, 2.05) is 25.1 Å². The number of hydrogen-bond acceptors (Lipinski definition) is 9. The van der Waals surface area contributed by atoms with Gasteiger partial charge in [-0.1, -0.05) is 0 Å². The molecule has 3 aliphatic rings. The maximum atomic E-state index is 14.6. The zero-order valence-electron chi connectivity index (χ0n) is 26.0. The van der Waals surface area contributed by atoms with E-state index >= 15 is 0 Å². The molecule has 2 N–H and O–H groups in total. The third kappa shape index (κ3) is 6.21. The van der Waals surface area contributed by atoms with Gasteiger partial charge in [0.2, 0.25) is 0 Å². The zero-order valence-corrected chi connectivity index (χ0v) is 26.0. The molecule has 10 heteroatoms. The molecule has 230 valence electrons. The Morgan fingerprint density at radius 3 is 2.40 bits per heavy atom. The van der Waals surface area contributed by atoms with E-state index in [-0.39, 0.29) is 11.9 Å². The number of aryl methyl sites for hydroxylation is 1. The quantitative estimate of drug-likeness (QED) is 0.398. The first-order valence-corrected chi connectivity index (χ1v) is 15.6. The Morgan fingerprint density at radius 1 is 1.00 bits per heavy atom. The van der Waals surface area contributed by atoms with Crippen molar-refractivity contribution < 1.29 is 19.0 Å². The number of pyridine rings is 2. The van der Waals surface area contributed by atoms with Gasteiger partial charge < -0.3 is 34.6 Å². The first-order valence-electron chi connectivity index (χ1n) is 15.6. The Labute approximate surface area is 254 Å². The molecule has 2 saturated heterocycles. The molecule has 2 aliphatic heterocycles. The van der Waals surface area contributed by atoms with Crippen molar-refractivity contribution in [2.75, 3.05) is 70.0 Å². The summed E-state index contributed by atoms with van der Waals surface area (Å²) in [6.45, 7) is 11.3. The van der Waals surface area contributed by atoms with Crippen LogP contribution in [-0.4, -0.2) is 82.1 Å². The van der Waals surface area contributed by atoms with E-state index < -0.39 is 0 Å². The molecule has 4 heterocycles. The second kappa shape index (κ2) is 12.5. The van der Waals surface area contributed by atoms with E-state index in [0.717, 1.165) is 78.3 Å². The molecule has 6 rings (SSSR count). The van der Waals surface area contributed by atoms with Crippen molar-refractivity contribution in [1.82, 2.24) is 20.6 Å². The van der Waals surface area contributed by atoms with Crippen molar-refractivity contribution in [3.63, 3.8) is 0 Å². The van der Waals surface area contributed by atoms with E-state index in [0.29, 0.717) is 55.3 Å². The van der Waals surface area contributed by atoms with Gasteiger partial charge in [0.25, 0.3) is 5.91 Å². The molecule has 0 radical (unpaired) electrons. The third-order valence-corrected chi connectivity index (χ3v) is 8.83. The lowest BCUT2D eigenvalue weighted by Gasteiger charge is -2.34. The number of nitrogens with one attached hydrogen (secondary N) is 2. The number of fused-ring (bicyclic) bond motifs is 1. The summed E-state index contributed by atoms with van der Waals surface area (Å²) in [6.07, 6.45) is 3.24. The van der Waals surface area contributed by atoms with E-state index in [1.54, 1.807) is 14.2 Å². The largest absolute Gasteiger partial charge is 0.497 e. The highest BCUT2D eigenvalue weighted by Gasteiger charge is 2.34. The van der Waals surface area contributed by atoms with Crippen LogP contribution in [0.4, 0.5) is 11.5 Å². The number of carbonyl (C=O) groups is 1. The fraction of sp³-hybridized carbons (Fsp3) is 0.545. The van der Waals surface area contributed by atoms with Crippen LogP contribution >= 0.6 is 0 Å². The molecule has 1 aromatic carbocycles. The van der Waals surface area contributed by atoms with Crippen molar-refractivity contribution in [1.29, 1.82) is 0 Å². The molecule has 1 amide bonds. The fourth-order valence-corrected chi connectivity index (χ4v) is 6.24. The summed E-state index contributed by atoms with van der Waals surface area (Å²) < 4.78 is 16.7. The number of amides is 1. The average molecular weight is 589 g/mol. The normalized spacial score (nSPS) is 20.1. The van der Waals surface area contributed by atoms with Crippen LogP contribution in [0.3, 0.4) is 0 Å². The predicted octanol–water partition coefficient (Wildman–Crippen LogP) is 4.35. The number of methoxy groups -OCH3 is 2. The minimum absolute atomic E-state index is 0.145. The van der Waals surface area contributed by atoms with Crippen LogP contribution in [0.2, 0.25) is 0 Å². The van der Waals surface area contributed by atoms with Gasteiger partial charge in [-0.25, -0.2) is 4.98 Å². The van der Waals surface area contributed by atoms with Crippen molar-refractivity contribution in [2.24, 2.45) is 0 Å². The SMILES string of the molecule is COc1cc(OC)cc([C@H](C)NC(=O)c2c(N3CCOCC3)nc3c(C4CC4)nc(C)cc3c2N2CCN[C@@H](C)CC2)c1. The summed E-state index contributed by atoms with van der Waals surface area (Å²) in [6, 6.07) is 7.94. The standard InChI is InChI=1S/C33H44N6O4/c1-20-8-10-38(11-9-34-20)31-27-16-21(2)35-29(23-6-7-23)30(27)37-32(39-12-14-43-15-13-39)28(31)33(40)36-22(3)24-17-25(41-4)19-26(18-24)42-5/h16-20,22-23,34H,6-15H2,1-5H3,(H,36,40)/t20-,22-/m0/s1. The number of hydrogen-bond donors (Lipinski definition) is 2. The van der Waals surface area contributed by atoms with Gasteiger partial charge in [-0.15, -0.1) is 0 Å². The molecule has 1 aliphatic carbocycles. The number of anilines is 2. The van der Waals surface area contributed by atoms with Gasteiger partial charge in [-0.2, -0.15) is 0 Å². The minimum Gasteiger partial charge on any atom is -0.497 e. The number of carbonyl (C=O) groups excluding carboxylic acids is 1. The second-order valence-corrected chi connectivity index (χ2v) is 12.0. The van der Waals surface area contributed by atoms with E-state index in [4.69, 9.17) is 24.2 Å². The molecule has 43 heavy (non-hydrogen) atoms. The summed E-state index contributed by atoms with van der Waals surface area (Å²) in [5.41, 5.74) is 5.44. The van der Waals surface area contributed by atoms with Crippen LogP contribution in [0.5, 0.6) is 11.5 Å². The number of rotatable bonds is 8. The number of nitrogens with zero attached hydrogens (tertiary/aromatic N) is 4. The Morgan fingerprint density at radius 2 is 1.72 bits per heavy atom. The molecule has 2 aromatic heterocycles. The maximum absolute atomic E-state index is 14.6. The summed E-state index contributed by atoms with van der Waals surface area (Å²) in [7, 11) is 3.26. The molecule has 3 fully saturated rings. The summed E-state index contributed by atoms with van der Waals surface area (Å²) in [5.74, 6) is 2.36. The van der Waals surface area contributed by atoms with Gasteiger partial charge in [0.15, 0.2) is 0 Å². The van der Waals surface area contributed by atoms with E-state index in [1.165, 1.54) is 0 Å². The Kier molecular flexibility index (Phi) is 8.59. The monoisotopic (exact) mass is 588 g/mol. The number of aromatic nitrogens is 2. The predicted molar refractivity (Wildman–Crippen MR) is 169 cm³/mol. The molecular weight excluding hydrogens is 544 g/mol. The lowest BCUT2D eigenvalue weighted by molar-refractivity contribution is 0.0938. The molecule has 10 nitrogen and oxygen atoms in total. The van der Waals surface area contributed by atoms with Gasteiger partial charge in [0, 0.05) is 61.8 Å². The first-order chi connectivity index (χ1) is 20.9. The van der Waals surface area contributed by atoms with Crippen LogP contribution in [0.25, 0.3) is 10.9 Å². The minimum atomic E-state index is -0.301. The highest BCUT2D eigenvalue weighted by atomic mass is 16.5. The second-order valence-electron chi connectivity index (χ2n) is 12.0. The van der Waals surface area contributed by atoms with Crippen molar-refractivity contribution in [3.05, 3.63) is 46.8 Å². The third-order valence-electron chi connectivity index (χ3n) is 8.83. The van der Waals surface area contributed by atoms with Gasteiger partial charge in [0.1, 0.15) is 22.9 Å². The summed E-state index contributed by atoms with van der Waals surface area (Å²) in [4.78, 5) is 29.6. The van der Waals surface area contributed by atoms with Crippen LogP contribution in [0.15, 0.2) is 24.3 Å². The number of ether oxygens (including phenoxy) is 3. The molecule has 1 saturated carbocycles. The average Bonchev–Trinajstić information content (AvgIpc) is 3.88. The lowest BCUT2D eigenvalue weighted by Crippen LogP contribution is -2.40. The van der Waals surface area contributed by atoms with Gasteiger partial charge in [-0.05, 0) is 63.8 Å². The topological polar surface area (TPSA) is 101 Å². The van der Waals surface area contributed by atoms with Gasteiger partial charge >= 0.3 is 0 Å². The van der Waals surface area contributed by atoms with Crippen LogP contribution in [-0.2, 0) is 4.74 Å². The van der Waals surface area contributed by atoms with Crippen LogP contribution in [0.1, 0.15) is 72.4 Å². The maximum Gasteiger partial charge on any atom is 0.257 e. The van der Waals surface area contributed by atoms with E-state index in [2.05, 4.69) is 40.3 Å². The number of benzene rings is 1. The smallest absolute Gasteiger partial charge is 0.257 e. The van der Waals surface area contributed by atoms with E-state index in [9.17, 15) is 4.79 Å². The first kappa shape index (κ1) is 29.4. The van der Waals surface area contributed by atoms with Crippen molar-refractivity contribution in [3.8, 4) is 11.5 Å². The Hall–Kier alpha value is -3.63. The van der Waals surface area contributed by atoms with Crippen molar-refractivity contribution in [2.45, 2.75) is 58.0 Å².